The van der Waals surface area contributed by atoms with Gasteiger partial charge in [-0.3, -0.25) is 20.4 Å². The van der Waals surface area contributed by atoms with Crippen LogP contribution in [-0.4, -0.2) is 32.3 Å². The summed E-state index contributed by atoms with van der Waals surface area (Å²) in [6.45, 7) is 0. The standard InChI is InChI=1S/C13H11F4N5O2S/c1-22-11(13(15,16)17)20-21-12(22)25-6-9(23)18-19-10(24)7-4-2-3-5-8(7)14/h2-5H,6H2,1H3,(H,18,23)(H,19,24). The van der Waals surface area contributed by atoms with Crippen molar-refractivity contribution in [1.82, 2.24) is 25.6 Å². The number of nitrogens with one attached hydrogen (secondary N) is 2. The highest BCUT2D eigenvalue weighted by atomic mass is 32.2. The summed E-state index contributed by atoms with van der Waals surface area (Å²) in [5, 5.41) is 6.24. The van der Waals surface area contributed by atoms with E-state index in [1.54, 1.807) is 0 Å². The Morgan fingerprint density at radius 1 is 1.20 bits per heavy atom. The largest absolute Gasteiger partial charge is 0.451 e. The van der Waals surface area contributed by atoms with Crippen LogP contribution in [0.4, 0.5) is 17.6 Å². The molecule has 0 unspecified atom stereocenters. The van der Waals surface area contributed by atoms with Crippen LogP contribution in [0.5, 0.6) is 0 Å². The second kappa shape index (κ2) is 7.51. The molecule has 1 aromatic heterocycles. The molecule has 134 valence electrons. The number of carbonyl (C=O) groups is 2. The van der Waals surface area contributed by atoms with Crippen LogP contribution in [0.1, 0.15) is 16.2 Å². The second-order valence-electron chi connectivity index (χ2n) is 4.63. The van der Waals surface area contributed by atoms with Crippen molar-refractivity contribution in [2.24, 2.45) is 7.05 Å². The van der Waals surface area contributed by atoms with Crippen LogP contribution in [-0.2, 0) is 18.0 Å². The molecule has 25 heavy (non-hydrogen) atoms. The minimum atomic E-state index is -4.66. The monoisotopic (exact) mass is 377 g/mol. The Bertz CT molecular complexity index is 793. The second-order valence-corrected chi connectivity index (χ2v) is 5.58. The molecule has 2 amide bonds. The molecule has 0 fully saturated rings. The number of halogens is 4. The molecule has 1 heterocycles. The number of carbonyl (C=O) groups excluding carboxylic acids is 2. The fraction of sp³-hybridized carbons (Fsp3) is 0.231. The number of amides is 2. The van der Waals surface area contributed by atoms with E-state index in [-0.39, 0.29) is 16.5 Å². The van der Waals surface area contributed by atoms with Crippen LogP contribution in [0.2, 0.25) is 0 Å². The topological polar surface area (TPSA) is 88.9 Å². The van der Waals surface area contributed by atoms with Gasteiger partial charge in [-0.25, -0.2) is 4.39 Å². The minimum Gasteiger partial charge on any atom is -0.302 e. The number of nitrogens with zero attached hydrogens (tertiary/aromatic N) is 3. The summed E-state index contributed by atoms with van der Waals surface area (Å²) in [5.74, 6) is -3.87. The Labute approximate surface area is 142 Å². The predicted octanol–water partition coefficient (Wildman–Crippen LogP) is 1.53. The normalized spacial score (nSPS) is 11.2. The van der Waals surface area contributed by atoms with Gasteiger partial charge >= 0.3 is 6.18 Å². The van der Waals surface area contributed by atoms with Gasteiger partial charge in [0.15, 0.2) is 5.16 Å². The molecule has 2 rings (SSSR count). The Balaban J connectivity index is 1.87. The average Bonchev–Trinajstić information content (AvgIpc) is 2.92. The van der Waals surface area contributed by atoms with Crippen molar-refractivity contribution in [3.63, 3.8) is 0 Å². The number of aromatic nitrogens is 3. The smallest absolute Gasteiger partial charge is 0.302 e. The van der Waals surface area contributed by atoms with Crippen molar-refractivity contribution < 1.29 is 27.2 Å². The van der Waals surface area contributed by atoms with E-state index in [0.29, 0.717) is 16.3 Å². The van der Waals surface area contributed by atoms with Crippen LogP contribution in [0.25, 0.3) is 0 Å². The first-order chi connectivity index (χ1) is 11.7. The SMILES string of the molecule is Cn1c(SCC(=O)NNC(=O)c2ccccc2F)nnc1C(F)(F)F. The zero-order chi connectivity index (χ0) is 18.6. The van der Waals surface area contributed by atoms with E-state index in [1.165, 1.54) is 18.2 Å². The molecule has 7 nitrogen and oxygen atoms in total. The van der Waals surface area contributed by atoms with E-state index in [9.17, 15) is 27.2 Å². The molecule has 0 bridgehead atoms. The molecule has 0 saturated carbocycles. The molecule has 0 aliphatic carbocycles. The third-order valence-electron chi connectivity index (χ3n) is 2.85. The average molecular weight is 377 g/mol. The molecule has 1 aromatic carbocycles. The number of hydrogen-bond acceptors (Lipinski definition) is 5. The summed E-state index contributed by atoms with van der Waals surface area (Å²) in [6.07, 6.45) is -4.66. The Morgan fingerprint density at radius 2 is 1.88 bits per heavy atom. The summed E-state index contributed by atoms with van der Waals surface area (Å²) >= 11 is 0.695. The molecule has 0 aliphatic rings. The predicted molar refractivity (Wildman–Crippen MR) is 78.7 cm³/mol. The maximum Gasteiger partial charge on any atom is 0.451 e. The highest BCUT2D eigenvalue weighted by Gasteiger charge is 2.37. The van der Waals surface area contributed by atoms with Gasteiger partial charge < -0.3 is 4.57 Å². The lowest BCUT2D eigenvalue weighted by atomic mass is 10.2. The van der Waals surface area contributed by atoms with Gasteiger partial charge in [-0.2, -0.15) is 13.2 Å². The van der Waals surface area contributed by atoms with E-state index in [2.05, 4.69) is 10.2 Å². The van der Waals surface area contributed by atoms with Gasteiger partial charge in [-0.05, 0) is 12.1 Å². The Kier molecular flexibility index (Phi) is 5.62. The number of benzene rings is 1. The quantitative estimate of drug-likeness (QED) is 0.479. The van der Waals surface area contributed by atoms with Crippen LogP contribution >= 0.6 is 11.8 Å². The van der Waals surface area contributed by atoms with Crippen LogP contribution in [0, 0.1) is 5.82 Å². The van der Waals surface area contributed by atoms with Crippen molar-refractivity contribution in [3.05, 3.63) is 41.5 Å². The lowest BCUT2D eigenvalue weighted by Gasteiger charge is -2.08. The maximum atomic E-state index is 13.4. The fourth-order valence-electron chi connectivity index (χ4n) is 1.69. The highest BCUT2D eigenvalue weighted by Crippen LogP contribution is 2.29. The first-order valence-electron chi connectivity index (χ1n) is 6.63. The van der Waals surface area contributed by atoms with E-state index >= 15 is 0 Å². The molecular weight excluding hydrogens is 366 g/mol. The van der Waals surface area contributed by atoms with Crippen molar-refractivity contribution in [2.75, 3.05) is 5.75 Å². The molecule has 0 aliphatic heterocycles. The van der Waals surface area contributed by atoms with E-state index in [1.807, 2.05) is 10.9 Å². The number of rotatable bonds is 4. The minimum absolute atomic E-state index is 0.122. The molecule has 2 aromatic rings. The van der Waals surface area contributed by atoms with Crippen LogP contribution < -0.4 is 10.9 Å². The first kappa shape index (κ1) is 18.7. The lowest BCUT2D eigenvalue weighted by molar-refractivity contribution is -0.147. The van der Waals surface area contributed by atoms with Gasteiger partial charge in [0.2, 0.25) is 11.7 Å². The molecular formula is C13H11F4N5O2S. The zero-order valence-electron chi connectivity index (χ0n) is 12.6. The lowest BCUT2D eigenvalue weighted by Crippen LogP contribution is -2.42. The summed E-state index contributed by atoms with van der Waals surface area (Å²) in [7, 11) is 1.11. The van der Waals surface area contributed by atoms with Crippen molar-refractivity contribution in [3.8, 4) is 0 Å². The third-order valence-corrected chi connectivity index (χ3v) is 3.87. The van der Waals surface area contributed by atoms with Gasteiger partial charge in [0.05, 0.1) is 11.3 Å². The number of hydrazine groups is 1. The first-order valence-corrected chi connectivity index (χ1v) is 7.62. The number of thioether (sulfide) groups is 1. The molecule has 0 saturated heterocycles. The van der Waals surface area contributed by atoms with Gasteiger partial charge in [0, 0.05) is 7.05 Å². The number of alkyl halides is 3. The Morgan fingerprint density at radius 3 is 2.48 bits per heavy atom. The van der Waals surface area contributed by atoms with Gasteiger partial charge in [-0.15, -0.1) is 10.2 Å². The van der Waals surface area contributed by atoms with Crippen molar-refractivity contribution in [2.45, 2.75) is 11.3 Å². The molecule has 12 heteroatoms. The zero-order valence-corrected chi connectivity index (χ0v) is 13.4. The van der Waals surface area contributed by atoms with Gasteiger partial charge in [0.1, 0.15) is 5.82 Å². The Hall–Kier alpha value is -2.63. The molecule has 0 atom stereocenters. The van der Waals surface area contributed by atoms with Gasteiger partial charge in [-0.1, -0.05) is 23.9 Å². The van der Waals surface area contributed by atoms with Crippen molar-refractivity contribution >= 4 is 23.6 Å². The molecule has 0 spiro atoms. The third kappa shape index (κ3) is 4.68. The van der Waals surface area contributed by atoms with Crippen LogP contribution in [0.15, 0.2) is 29.4 Å². The van der Waals surface area contributed by atoms with E-state index in [4.69, 9.17) is 0 Å². The number of hydrogen-bond donors (Lipinski definition) is 2. The summed E-state index contributed by atoms with van der Waals surface area (Å²) in [6, 6.07) is 5.15. The molecule has 0 radical (unpaired) electrons. The van der Waals surface area contributed by atoms with E-state index < -0.39 is 29.6 Å². The summed E-state index contributed by atoms with van der Waals surface area (Å²) in [5.41, 5.74) is 3.77. The summed E-state index contributed by atoms with van der Waals surface area (Å²) < 4.78 is 51.8. The van der Waals surface area contributed by atoms with Gasteiger partial charge in [0.25, 0.3) is 5.91 Å². The molecule has 2 N–H and O–H groups in total. The highest BCUT2D eigenvalue weighted by molar-refractivity contribution is 7.99. The maximum absolute atomic E-state index is 13.4. The van der Waals surface area contributed by atoms with Crippen LogP contribution in [0.3, 0.4) is 0 Å². The van der Waals surface area contributed by atoms with E-state index in [0.717, 1.165) is 13.1 Å². The fourth-order valence-corrected chi connectivity index (χ4v) is 2.40. The summed E-state index contributed by atoms with van der Waals surface area (Å²) in [4.78, 5) is 23.3. The van der Waals surface area contributed by atoms with Crippen molar-refractivity contribution in [1.29, 1.82) is 0 Å².